The van der Waals surface area contributed by atoms with Crippen LogP contribution in [0.2, 0.25) is 0 Å². The molecule has 2 amide bonds. The maximum atomic E-state index is 13.3. The Morgan fingerprint density at radius 1 is 1.07 bits per heavy atom. The highest BCUT2D eigenvalue weighted by Crippen LogP contribution is 2.25. The fraction of sp³-hybridized carbons (Fsp3) is 0.414. The van der Waals surface area contributed by atoms with Crippen LogP contribution in [0.3, 0.4) is 0 Å². The Kier molecular flexibility index (Phi) is 9.35. The summed E-state index contributed by atoms with van der Waals surface area (Å²) >= 11 is 1.46. The molecule has 11 heteroatoms. The number of benzene rings is 1. The molecule has 0 saturated carbocycles. The first-order chi connectivity index (χ1) is 19.6. The molecule has 1 aliphatic heterocycles. The standard InChI is InChI=1S/C29H36N8O2S/c1-30-26(38)9-4-2-3-8-23(35-29(39)25-19-31-27(40-25)20-36-15-5-6-16-36)28-32-18-24(34-28)21-10-12-22(13-11-21)37-17-7-14-33-37/h7,10-14,17-19,23H,2-6,8-9,15-16,20H2,1H3,(H,30,38)(H,32,34)(H,35,39)/t23-/m0/s1. The number of aromatic nitrogens is 5. The molecule has 5 rings (SSSR count). The molecule has 0 spiro atoms. The van der Waals surface area contributed by atoms with E-state index >= 15 is 0 Å². The predicted molar refractivity (Wildman–Crippen MR) is 155 cm³/mol. The van der Waals surface area contributed by atoms with Gasteiger partial charge in [-0.25, -0.2) is 14.6 Å². The van der Waals surface area contributed by atoms with Crippen molar-refractivity contribution in [2.75, 3.05) is 20.1 Å². The third kappa shape index (κ3) is 7.22. The van der Waals surface area contributed by atoms with Gasteiger partial charge in [0.05, 0.1) is 36.4 Å². The van der Waals surface area contributed by atoms with E-state index in [1.165, 1.54) is 24.2 Å². The lowest BCUT2D eigenvalue weighted by Crippen LogP contribution is -2.28. The third-order valence-electron chi connectivity index (χ3n) is 7.19. The number of hydrogen-bond acceptors (Lipinski definition) is 7. The van der Waals surface area contributed by atoms with E-state index in [4.69, 9.17) is 0 Å². The fourth-order valence-electron chi connectivity index (χ4n) is 4.94. The first-order valence-electron chi connectivity index (χ1n) is 13.9. The highest BCUT2D eigenvalue weighted by molar-refractivity contribution is 7.13. The molecule has 1 fully saturated rings. The van der Waals surface area contributed by atoms with Crippen LogP contribution in [0, 0.1) is 0 Å². The quantitative estimate of drug-likeness (QED) is 0.207. The van der Waals surface area contributed by atoms with Crippen molar-refractivity contribution >= 4 is 23.2 Å². The minimum Gasteiger partial charge on any atom is -0.359 e. The lowest BCUT2D eigenvalue weighted by molar-refractivity contribution is -0.120. The maximum Gasteiger partial charge on any atom is 0.263 e. The zero-order valence-electron chi connectivity index (χ0n) is 22.8. The maximum absolute atomic E-state index is 13.3. The van der Waals surface area contributed by atoms with E-state index in [0.29, 0.717) is 23.5 Å². The second kappa shape index (κ2) is 13.5. The van der Waals surface area contributed by atoms with Crippen molar-refractivity contribution in [1.82, 2.24) is 40.3 Å². The number of H-pyrrole nitrogens is 1. The zero-order valence-corrected chi connectivity index (χ0v) is 23.6. The van der Waals surface area contributed by atoms with Crippen LogP contribution in [0.25, 0.3) is 16.9 Å². The monoisotopic (exact) mass is 560 g/mol. The second-order valence-corrected chi connectivity index (χ2v) is 11.2. The van der Waals surface area contributed by atoms with Gasteiger partial charge >= 0.3 is 0 Å². The lowest BCUT2D eigenvalue weighted by Gasteiger charge is -2.16. The third-order valence-corrected chi connectivity index (χ3v) is 8.17. The predicted octanol–water partition coefficient (Wildman–Crippen LogP) is 4.48. The number of nitrogens with zero attached hydrogens (tertiary/aromatic N) is 5. The summed E-state index contributed by atoms with van der Waals surface area (Å²) in [4.78, 5) is 40.4. The van der Waals surface area contributed by atoms with E-state index in [-0.39, 0.29) is 17.9 Å². The van der Waals surface area contributed by atoms with Crippen molar-refractivity contribution in [3.63, 3.8) is 0 Å². The Hall–Kier alpha value is -3.83. The average molecular weight is 561 g/mol. The van der Waals surface area contributed by atoms with Gasteiger partial charge < -0.3 is 15.6 Å². The molecule has 0 radical (unpaired) electrons. The number of unbranched alkanes of at least 4 members (excludes halogenated alkanes) is 2. The van der Waals surface area contributed by atoms with Crippen LogP contribution in [0.1, 0.15) is 71.5 Å². The van der Waals surface area contributed by atoms with Gasteiger partial charge in [0.25, 0.3) is 5.91 Å². The largest absolute Gasteiger partial charge is 0.359 e. The highest BCUT2D eigenvalue weighted by Gasteiger charge is 2.21. The fourth-order valence-corrected chi connectivity index (χ4v) is 5.80. The van der Waals surface area contributed by atoms with Gasteiger partial charge in [-0.1, -0.05) is 25.0 Å². The Bertz CT molecular complexity index is 1370. The minimum atomic E-state index is -0.284. The van der Waals surface area contributed by atoms with Crippen molar-refractivity contribution in [1.29, 1.82) is 0 Å². The van der Waals surface area contributed by atoms with Gasteiger partial charge in [-0.3, -0.25) is 14.5 Å². The number of hydrogen-bond donors (Lipinski definition) is 3. The van der Waals surface area contributed by atoms with Gasteiger partial charge in [0.1, 0.15) is 15.7 Å². The summed E-state index contributed by atoms with van der Waals surface area (Å²) in [5.74, 6) is 0.628. The van der Waals surface area contributed by atoms with Gasteiger partial charge in [0.15, 0.2) is 0 Å². The number of nitrogens with one attached hydrogen (secondary N) is 3. The van der Waals surface area contributed by atoms with Gasteiger partial charge in [-0.15, -0.1) is 11.3 Å². The van der Waals surface area contributed by atoms with Crippen LogP contribution in [0.15, 0.2) is 55.1 Å². The molecule has 0 bridgehead atoms. The average Bonchev–Trinajstić information content (AvgIpc) is 3.80. The number of rotatable bonds is 13. The van der Waals surface area contributed by atoms with E-state index in [2.05, 4.69) is 35.6 Å². The van der Waals surface area contributed by atoms with Crippen molar-refractivity contribution in [3.8, 4) is 16.9 Å². The van der Waals surface area contributed by atoms with Crippen molar-refractivity contribution in [3.05, 3.63) is 70.8 Å². The molecular weight excluding hydrogens is 524 g/mol. The summed E-state index contributed by atoms with van der Waals surface area (Å²) in [6, 6.07) is 9.69. The van der Waals surface area contributed by atoms with Crippen LogP contribution >= 0.6 is 11.3 Å². The zero-order chi connectivity index (χ0) is 27.7. The molecule has 1 saturated heterocycles. The number of thiazole rings is 1. The van der Waals surface area contributed by atoms with E-state index < -0.39 is 0 Å². The number of amides is 2. The summed E-state index contributed by atoms with van der Waals surface area (Å²) in [6.45, 7) is 2.99. The molecular formula is C29H36N8O2S. The number of imidazole rings is 1. The van der Waals surface area contributed by atoms with Crippen LogP contribution in [-0.4, -0.2) is 61.6 Å². The van der Waals surface area contributed by atoms with Crippen molar-refractivity contribution in [2.24, 2.45) is 0 Å². The van der Waals surface area contributed by atoms with Crippen LogP contribution in [0.5, 0.6) is 0 Å². The summed E-state index contributed by atoms with van der Waals surface area (Å²) in [7, 11) is 1.66. The molecule has 1 aromatic carbocycles. The Morgan fingerprint density at radius 3 is 2.65 bits per heavy atom. The van der Waals surface area contributed by atoms with Crippen molar-refractivity contribution in [2.45, 2.75) is 57.5 Å². The minimum absolute atomic E-state index is 0.0500. The number of likely N-dealkylation sites (tertiary alicyclic amines) is 1. The molecule has 3 N–H and O–H groups in total. The van der Waals surface area contributed by atoms with Crippen LogP contribution in [0.4, 0.5) is 0 Å². The smallest absolute Gasteiger partial charge is 0.263 e. The van der Waals surface area contributed by atoms with Gasteiger partial charge in [-0.05, 0) is 62.5 Å². The number of aromatic amines is 1. The van der Waals surface area contributed by atoms with E-state index in [1.54, 1.807) is 19.4 Å². The lowest BCUT2D eigenvalue weighted by atomic mass is 10.1. The molecule has 4 heterocycles. The summed E-state index contributed by atoms with van der Waals surface area (Å²) < 4.78 is 1.81. The summed E-state index contributed by atoms with van der Waals surface area (Å²) in [5, 5.41) is 11.1. The molecule has 0 unspecified atom stereocenters. The Morgan fingerprint density at radius 2 is 1.90 bits per heavy atom. The Labute approximate surface area is 238 Å². The molecule has 40 heavy (non-hydrogen) atoms. The number of carbonyl (C=O) groups excluding carboxylic acids is 2. The van der Waals surface area contributed by atoms with Gasteiger partial charge in [0, 0.05) is 25.9 Å². The highest BCUT2D eigenvalue weighted by atomic mass is 32.1. The Balaban J connectivity index is 1.26. The molecule has 3 aromatic heterocycles. The molecule has 10 nitrogen and oxygen atoms in total. The van der Waals surface area contributed by atoms with Crippen molar-refractivity contribution < 1.29 is 9.59 Å². The molecule has 210 valence electrons. The normalized spacial score (nSPS) is 14.3. The van der Waals surface area contributed by atoms with Gasteiger partial charge in [0.2, 0.25) is 5.91 Å². The molecule has 1 atom stereocenters. The molecule has 4 aromatic rings. The van der Waals surface area contributed by atoms with E-state index in [9.17, 15) is 9.59 Å². The second-order valence-electron chi connectivity index (χ2n) is 10.1. The molecule has 1 aliphatic rings. The van der Waals surface area contributed by atoms with Gasteiger partial charge in [-0.2, -0.15) is 5.10 Å². The SMILES string of the molecule is CNC(=O)CCCCC[C@H](NC(=O)c1cnc(CN2CCCC2)s1)c1ncc(-c2ccc(-n3cccn3)cc2)[nH]1. The van der Waals surface area contributed by atoms with Crippen LogP contribution in [-0.2, 0) is 11.3 Å². The number of carbonyl (C=O) groups is 2. The summed E-state index contributed by atoms with van der Waals surface area (Å²) in [6.07, 6.45) is 13.4. The van der Waals surface area contributed by atoms with Crippen LogP contribution < -0.4 is 10.6 Å². The molecule has 0 aliphatic carbocycles. The first kappa shape index (κ1) is 27.7. The van der Waals surface area contributed by atoms with E-state index in [0.717, 1.165) is 60.8 Å². The first-order valence-corrected chi connectivity index (χ1v) is 14.7. The topological polar surface area (TPSA) is 121 Å². The summed E-state index contributed by atoms with van der Waals surface area (Å²) in [5.41, 5.74) is 2.86. The van der Waals surface area contributed by atoms with E-state index in [1.807, 2.05) is 47.4 Å².